The minimum absolute atomic E-state index is 0.0160. The zero-order chi connectivity index (χ0) is 27.1. The molecule has 0 aromatic heterocycles. The van der Waals surface area contributed by atoms with Crippen molar-refractivity contribution in [1.82, 2.24) is 4.90 Å². The number of anilines is 4. The van der Waals surface area contributed by atoms with Gasteiger partial charge in [-0.2, -0.15) is 0 Å². The van der Waals surface area contributed by atoms with E-state index in [-0.39, 0.29) is 37.7 Å². The quantitative estimate of drug-likeness (QED) is 0.203. The summed E-state index contributed by atoms with van der Waals surface area (Å²) in [5.41, 5.74) is 1.70. The van der Waals surface area contributed by atoms with Gasteiger partial charge in [0.15, 0.2) is 0 Å². The number of hydrogen-bond donors (Lipinski definition) is 5. The van der Waals surface area contributed by atoms with E-state index in [1.165, 1.54) is 6.07 Å². The summed E-state index contributed by atoms with van der Waals surface area (Å²) >= 11 is 0. The molecule has 5 N–H and O–H groups in total. The Morgan fingerprint density at radius 2 is 1.61 bits per heavy atom. The van der Waals surface area contributed by atoms with Crippen LogP contribution in [0, 0.1) is 20.2 Å². The first kappa shape index (κ1) is 26.2. The van der Waals surface area contributed by atoms with E-state index in [1.807, 2.05) is 29.3 Å². The maximum Gasteiger partial charge on any atom is 0.299 e. The van der Waals surface area contributed by atoms with Crippen LogP contribution in [0.1, 0.15) is 0 Å². The molecule has 13 heteroatoms. The van der Waals surface area contributed by atoms with Crippen LogP contribution in [0.3, 0.4) is 0 Å². The molecule has 0 fully saturated rings. The molecule has 38 heavy (non-hydrogen) atoms. The zero-order valence-corrected chi connectivity index (χ0v) is 20.2. The van der Waals surface area contributed by atoms with Crippen LogP contribution in [-0.2, 0) is 4.74 Å². The fourth-order valence-corrected chi connectivity index (χ4v) is 3.89. The van der Waals surface area contributed by atoms with Crippen LogP contribution < -0.4 is 16.0 Å². The van der Waals surface area contributed by atoms with Gasteiger partial charge in [0.05, 0.1) is 41.4 Å². The van der Waals surface area contributed by atoms with E-state index >= 15 is 0 Å². The lowest BCUT2D eigenvalue weighted by molar-refractivity contribution is -0.393. The predicted molar refractivity (Wildman–Crippen MR) is 142 cm³/mol. The van der Waals surface area contributed by atoms with Crippen molar-refractivity contribution in [2.24, 2.45) is 0 Å². The number of rotatable bonds is 12. The Kier molecular flexibility index (Phi) is 8.20. The molecule has 0 unspecified atom stereocenters. The van der Waals surface area contributed by atoms with Gasteiger partial charge in [0.1, 0.15) is 23.7 Å². The number of nitrogens with one attached hydrogen (secondary N) is 3. The van der Waals surface area contributed by atoms with Gasteiger partial charge in [-0.1, -0.05) is 6.08 Å². The fourth-order valence-electron chi connectivity index (χ4n) is 3.89. The Bertz CT molecular complexity index is 1330. The molecule has 4 rings (SSSR count). The molecule has 2 aliphatic heterocycles. The number of hydrogen-bond acceptors (Lipinski definition) is 11. The Balaban J connectivity index is 1.71. The van der Waals surface area contributed by atoms with Crippen molar-refractivity contribution < 1.29 is 24.8 Å². The molecule has 0 aliphatic carbocycles. The van der Waals surface area contributed by atoms with Gasteiger partial charge in [-0.15, -0.1) is 0 Å². The van der Waals surface area contributed by atoms with Gasteiger partial charge in [0, 0.05) is 35.9 Å². The smallest absolute Gasteiger partial charge is 0.299 e. The summed E-state index contributed by atoms with van der Waals surface area (Å²) in [5.74, 6) is 0.387. The van der Waals surface area contributed by atoms with Crippen LogP contribution in [-0.4, -0.2) is 57.9 Å². The molecule has 0 radical (unpaired) electrons. The molecule has 2 aliphatic rings. The van der Waals surface area contributed by atoms with Crippen LogP contribution >= 0.6 is 0 Å². The minimum Gasteiger partial charge on any atom is -0.489 e. The molecule has 13 nitrogen and oxygen atoms in total. The van der Waals surface area contributed by atoms with Crippen LogP contribution in [0.4, 0.5) is 34.1 Å². The van der Waals surface area contributed by atoms with Crippen LogP contribution in [0.15, 0.2) is 84.1 Å². The van der Waals surface area contributed by atoms with Crippen molar-refractivity contribution in [3.05, 3.63) is 104 Å². The van der Waals surface area contributed by atoms with Gasteiger partial charge in [0.2, 0.25) is 0 Å². The average molecular weight is 523 g/mol. The van der Waals surface area contributed by atoms with Crippen LogP contribution in [0.2, 0.25) is 0 Å². The molecular formula is C25H26N6O7. The first-order chi connectivity index (χ1) is 18.4. The number of nitrogens with zero attached hydrogens (tertiary/aromatic N) is 3. The van der Waals surface area contributed by atoms with E-state index in [0.717, 1.165) is 17.5 Å². The largest absolute Gasteiger partial charge is 0.489 e. The second kappa shape index (κ2) is 11.9. The minimum atomic E-state index is -0.691. The zero-order valence-electron chi connectivity index (χ0n) is 20.2. The number of nitro groups is 2. The maximum absolute atomic E-state index is 11.9. The molecule has 0 saturated heterocycles. The number of benzene rings is 2. The van der Waals surface area contributed by atoms with Gasteiger partial charge in [-0.05, 0) is 42.5 Å². The van der Waals surface area contributed by atoms with Crippen LogP contribution in [0.5, 0.6) is 0 Å². The number of fused-ring (bicyclic) bond motifs is 1. The summed E-state index contributed by atoms with van der Waals surface area (Å²) in [6.45, 7) is 0.416. The standard InChI is InChI=1S/C25H26N6O7/c32-10-8-26-17-4-6-18(7-5-17)27-20-14-21(24(31(36)37)15-23(20)30(34)35)28-22-16-29-9-2-1-3-19(29)13-25(22)38-12-11-33/h1-7,9,13-15,26-28,32-33H,8,10-12,16H2. The highest BCUT2D eigenvalue weighted by Crippen LogP contribution is 2.39. The third-order valence-electron chi connectivity index (χ3n) is 5.63. The molecule has 2 heterocycles. The van der Waals surface area contributed by atoms with Crippen molar-refractivity contribution in [3.63, 3.8) is 0 Å². The molecular weight excluding hydrogens is 496 g/mol. The molecule has 198 valence electrons. The summed E-state index contributed by atoms with van der Waals surface area (Å²) in [5, 5.41) is 50.9. The third kappa shape index (κ3) is 6.08. The van der Waals surface area contributed by atoms with Gasteiger partial charge in [-0.25, -0.2) is 0 Å². The first-order valence-electron chi connectivity index (χ1n) is 11.6. The van der Waals surface area contributed by atoms with Crippen molar-refractivity contribution >= 4 is 34.1 Å². The Morgan fingerprint density at radius 3 is 2.26 bits per heavy atom. The Labute approximate surface area is 217 Å². The first-order valence-corrected chi connectivity index (χ1v) is 11.6. The molecule has 0 spiro atoms. The van der Waals surface area contributed by atoms with Crippen LogP contribution in [0.25, 0.3) is 0 Å². The summed E-state index contributed by atoms with van der Waals surface area (Å²) in [6.07, 6.45) is 9.16. The third-order valence-corrected chi connectivity index (χ3v) is 5.63. The highest BCUT2D eigenvalue weighted by Gasteiger charge is 2.27. The lowest BCUT2D eigenvalue weighted by Crippen LogP contribution is -2.28. The molecule has 2 aromatic rings. The summed E-state index contributed by atoms with van der Waals surface area (Å²) in [6, 6.07) is 9.06. The monoisotopic (exact) mass is 522 g/mol. The van der Waals surface area contributed by atoms with Gasteiger partial charge in [0.25, 0.3) is 11.4 Å². The van der Waals surface area contributed by atoms with Gasteiger partial charge < -0.3 is 35.8 Å². The Hall–Kier alpha value is -4.88. The summed E-state index contributed by atoms with van der Waals surface area (Å²) in [4.78, 5) is 24.2. The number of aliphatic hydroxyl groups is 2. The van der Waals surface area contributed by atoms with E-state index in [1.54, 1.807) is 30.3 Å². The van der Waals surface area contributed by atoms with Crippen molar-refractivity contribution in [2.75, 3.05) is 48.9 Å². The molecule has 0 saturated carbocycles. The maximum atomic E-state index is 11.9. The molecule has 0 amide bonds. The number of nitro benzene ring substituents is 2. The number of aliphatic hydroxyl groups excluding tert-OH is 2. The highest BCUT2D eigenvalue weighted by molar-refractivity contribution is 5.81. The lowest BCUT2D eigenvalue weighted by atomic mass is 10.1. The van der Waals surface area contributed by atoms with E-state index in [2.05, 4.69) is 16.0 Å². The van der Waals surface area contributed by atoms with E-state index in [9.17, 15) is 25.3 Å². The molecule has 0 bridgehead atoms. The average Bonchev–Trinajstić information content (AvgIpc) is 2.91. The topological polar surface area (TPSA) is 175 Å². The van der Waals surface area contributed by atoms with Crippen molar-refractivity contribution in [1.29, 1.82) is 0 Å². The normalized spacial score (nSPS) is 14.1. The number of allylic oxidation sites excluding steroid dienone is 4. The lowest BCUT2D eigenvalue weighted by Gasteiger charge is -2.30. The fraction of sp³-hybridized carbons (Fsp3) is 0.200. The second-order valence-corrected chi connectivity index (χ2v) is 8.19. The summed E-state index contributed by atoms with van der Waals surface area (Å²) < 4.78 is 5.68. The van der Waals surface area contributed by atoms with E-state index in [4.69, 9.17) is 9.84 Å². The molecule has 2 aromatic carbocycles. The highest BCUT2D eigenvalue weighted by atomic mass is 16.6. The van der Waals surface area contributed by atoms with Crippen molar-refractivity contribution in [2.45, 2.75) is 0 Å². The van der Waals surface area contributed by atoms with Gasteiger partial charge >= 0.3 is 0 Å². The van der Waals surface area contributed by atoms with Gasteiger partial charge in [-0.3, -0.25) is 20.2 Å². The SMILES string of the molecule is O=[N+]([O-])c1cc([N+](=O)[O-])c(Nc2ccc(NCCO)cc2)cc1NC1=C(OCCO)C=C2C=CC=CN2C1. The van der Waals surface area contributed by atoms with E-state index in [0.29, 0.717) is 23.7 Å². The Morgan fingerprint density at radius 1 is 0.921 bits per heavy atom. The predicted octanol–water partition coefficient (Wildman–Crippen LogP) is 3.57. The molecule has 0 atom stereocenters. The van der Waals surface area contributed by atoms with E-state index < -0.39 is 21.2 Å². The summed E-state index contributed by atoms with van der Waals surface area (Å²) in [7, 11) is 0. The van der Waals surface area contributed by atoms with Crippen molar-refractivity contribution in [3.8, 4) is 0 Å². The number of ether oxygens (including phenoxy) is 1. The second-order valence-electron chi connectivity index (χ2n) is 8.19.